The second kappa shape index (κ2) is 8.64. The summed E-state index contributed by atoms with van der Waals surface area (Å²) in [7, 11) is 3.45. The molecule has 1 aromatic carbocycles. The Balaban J connectivity index is 2.67. The molecule has 1 aromatic rings. The molecule has 0 saturated heterocycles. The van der Waals surface area contributed by atoms with Crippen LogP contribution in [0.5, 0.6) is 5.75 Å². The van der Waals surface area contributed by atoms with Crippen LogP contribution in [0.2, 0.25) is 0 Å². The molecule has 5 nitrogen and oxygen atoms in total. The molecule has 0 spiro atoms. The highest BCUT2D eigenvalue weighted by Crippen LogP contribution is 2.21. The molecule has 0 bridgehead atoms. The van der Waals surface area contributed by atoms with E-state index in [-0.39, 0.29) is 6.54 Å². The van der Waals surface area contributed by atoms with Gasteiger partial charge in [-0.05, 0) is 31.1 Å². The third kappa shape index (κ3) is 6.60. The van der Waals surface area contributed by atoms with Crippen molar-refractivity contribution in [2.75, 3.05) is 27.2 Å². The molecule has 0 unspecified atom stereocenters. The van der Waals surface area contributed by atoms with E-state index in [1.807, 2.05) is 18.2 Å². The summed E-state index contributed by atoms with van der Waals surface area (Å²) in [6.45, 7) is 6.69. The van der Waals surface area contributed by atoms with Crippen LogP contribution in [0.4, 0.5) is 0 Å². The molecule has 21 heavy (non-hydrogen) atoms. The second-order valence-electron chi connectivity index (χ2n) is 5.74. The zero-order valence-electron chi connectivity index (χ0n) is 13.3. The van der Waals surface area contributed by atoms with Gasteiger partial charge in [0, 0.05) is 18.7 Å². The van der Waals surface area contributed by atoms with E-state index in [0.717, 1.165) is 30.0 Å². The number of nitrogens with one attached hydrogen (secondary N) is 1. The van der Waals surface area contributed by atoms with E-state index in [9.17, 15) is 4.79 Å². The molecular weight excluding hydrogens is 268 g/mol. The Kier molecular flexibility index (Phi) is 7.19. The Morgan fingerprint density at radius 2 is 2.14 bits per heavy atom. The number of ether oxygens (including phenoxy) is 1. The minimum atomic E-state index is -0.820. The fourth-order valence-corrected chi connectivity index (χ4v) is 2.13. The molecule has 0 fully saturated rings. The van der Waals surface area contributed by atoms with Crippen LogP contribution < -0.4 is 10.1 Å². The van der Waals surface area contributed by atoms with Gasteiger partial charge in [-0.25, -0.2) is 0 Å². The van der Waals surface area contributed by atoms with E-state index in [4.69, 9.17) is 9.84 Å². The summed E-state index contributed by atoms with van der Waals surface area (Å²) in [5, 5.41) is 12.2. The van der Waals surface area contributed by atoms with E-state index >= 15 is 0 Å². The molecule has 0 radical (unpaired) electrons. The van der Waals surface area contributed by atoms with Gasteiger partial charge in [-0.2, -0.15) is 0 Å². The molecule has 0 aromatic heterocycles. The van der Waals surface area contributed by atoms with E-state index in [0.29, 0.717) is 12.5 Å². The number of methoxy groups -OCH3 is 1. The first-order chi connectivity index (χ1) is 9.92. The number of aliphatic carboxylic acids is 1. The van der Waals surface area contributed by atoms with Crippen molar-refractivity contribution >= 4 is 5.97 Å². The summed E-state index contributed by atoms with van der Waals surface area (Å²) in [5.41, 5.74) is 2.16. The standard InChI is InChI=1S/C16H26N2O3/c1-12(2)8-17-9-14-6-5-13(7-15(14)21-4)10-18(3)11-16(19)20/h5-7,12,17H,8-11H2,1-4H3,(H,19,20). The first kappa shape index (κ1) is 17.5. The monoisotopic (exact) mass is 294 g/mol. The number of rotatable bonds is 9. The van der Waals surface area contributed by atoms with Gasteiger partial charge in [0.05, 0.1) is 13.7 Å². The summed E-state index contributed by atoms with van der Waals surface area (Å²) in [5.74, 6) is 0.631. The first-order valence-electron chi connectivity index (χ1n) is 7.19. The van der Waals surface area contributed by atoms with Crippen molar-refractivity contribution in [2.24, 2.45) is 5.92 Å². The van der Waals surface area contributed by atoms with Crippen LogP contribution in [-0.4, -0.2) is 43.2 Å². The fourth-order valence-electron chi connectivity index (χ4n) is 2.13. The third-order valence-electron chi connectivity index (χ3n) is 3.08. The molecule has 0 amide bonds. The maximum atomic E-state index is 10.7. The smallest absolute Gasteiger partial charge is 0.317 e. The van der Waals surface area contributed by atoms with Gasteiger partial charge in [0.1, 0.15) is 5.75 Å². The van der Waals surface area contributed by atoms with Gasteiger partial charge in [0.2, 0.25) is 0 Å². The number of nitrogens with zero attached hydrogens (tertiary/aromatic N) is 1. The topological polar surface area (TPSA) is 61.8 Å². The van der Waals surface area contributed by atoms with Gasteiger partial charge < -0.3 is 15.2 Å². The van der Waals surface area contributed by atoms with Crippen LogP contribution >= 0.6 is 0 Å². The minimum Gasteiger partial charge on any atom is -0.496 e. The minimum absolute atomic E-state index is 0.0278. The molecule has 0 aliphatic rings. The van der Waals surface area contributed by atoms with Crippen LogP contribution in [0.1, 0.15) is 25.0 Å². The van der Waals surface area contributed by atoms with E-state index in [1.165, 1.54) is 0 Å². The molecule has 0 aliphatic heterocycles. The van der Waals surface area contributed by atoms with Gasteiger partial charge in [-0.15, -0.1) is 0 Å². The molecule has 1 rings (SSSR count). The first-order valence-corrected chi connectivity index (χ1v) is 7.19. The molecular formula is C16H26N2O3. The molecule has 0 atom stereocenters. The number of benzene rings is 1. The largest absolute Gasteiger partial charge is 0.496 e. The van der Waals surface area contributed by atoms with Crippen LogP contribution in [-0.2, 0) is 17.9 Å². The highest BCUT2D eigenvalue weighted by molar-refractivity contribution is 5.69. The molecule has 5 heteroatoms. The van der Waals surface area contributed by atoms with E-state index < -0.39 is 5.97 Å². The predicted molar refractivity (Wildman–Crippen MR) is 83.5 cm³/mol. The molecule has 0 aliphatic carbocycles. The maximum Gasteiger partial charge on any atom is 0.317 e. The lowest BCUT2D eigenvalue weighted by atomic mass is 10.1. The number of carboxylic acids is 1. The van der Waals surface area contributed by atoms with Gasteiger partial charge in [0.15, 0.2) is 0 Å². The van der Waals surface area contributed by atoms with Crippen molar-refractivity contribution in [3.63, 3.8) is 0 Å². The fraction of sp³-hybridized carbons (Fsp3) is 0.562. The van der Waals surface area contributed by atoms with E-state index in [1.54, 1.807) is 19.1 Å². The van der Waals surface area contributed by atoms with E-state index in [2.05, 4.69) is 19.2 Å². The Morgan fingerprint density at radius 1 is 1.43 bits per heavy atom. The molecule has 118 valence electrons. The van der Waals surface area contributed by atoms with Crippen LogP contribution in [0.15, 0.2) is 18.2 Å². The Hall–Kier alpha value is -1.59. The normalized spacial score (nSPS) is 11.1. The van der Waals surface area contributed by atoms with Gasteiger partial charge in [-0.1, -0.05) is 26.0 Å². The Labute approximate surface area is 126 Å². The van der Waals surface area contributed by atoms with Gasteiger partial charge >= 0.3 is 5.97 Å². The van der Waals surface area contributed by atoms with Crippen LogP contribution in [0, 0.1) is 5.92 Å². The average molecular weight is 294 g/mol. The molecule has 2 N–H and O–H groups in total. The summed E-state index contributed by atoms with van der Waals surface area (Å²) in [6.07, 6.45) is 0. The summed E-state index contributed by atoms with van der Waals surface area (Å²) in [4.78, 5) is 12.4. The highest BCUT2D eigenvalue weighted by atomic mass is 16.5. The van der Waals surface area contributed by atoms with Crippen molar-refractivity contribution in [3.05, 3.63) is 29.3 Å². The summed E-state index contributed by atoms with van der Waals surface area (Å²) >= 11 is 0. The number of carboxylic acid groups (broad SMARTS) is 1. The maximum absolute atomic E-state index is 10.7. The van der Waals surface area contributed by atoms with Crippen molar-refractivity contribution in [1.82, 2.24) is 10.2 Å². The van der Waals surface area contributed by atoms with Crippen molar-refractivity contribution in [3.8, 4) is 5.75 Å². The predicted octanol–water partition coefficient (Wildman–Crippen LogP) is 1.96. The third-order valence-corrected chi connectivity index (χ3v) is 3.08. The average Bonchev–Trinajstić information content (AvgIpc) is 2.38. The highest BCUT2D eigenvalue weighted by Gasteiger charge is 2.08. The lowest BCUT2D eigenvalue weighted by Gasteiger charge is -2.16. The van der Waals surface area contributed by atoms with Gasteiger partial charge in [-0.3, -0.25) is 9.69 Å². The summed E-state index contributed by atoms with van der Waals surface area (Å²) in [6, 6.07) is 6.04. The number of hydrogen-bond donors (Lipinski definition) is 2. The van der Waals surface area contributed by atoms with Crippen molar-refractivity contribution < 1.29 is 14.6 Å². The van der Waals surface area contributed by atoms with Crippen LogP contribution in [0.25, 0.3) is 0 Å². The van der Waals surface area contributed by atoms with Gasteiger partial charge in [0.25, 0.3) is 0 Å². The lowest BCUT2D eigenvalue weighted by Crippen LogP contribution is -2.25. The number of likely N-dealkylation sites (N-methyl/N-ethyl adjacent to an activating group) is 1. The molecule has 0 heterocycles. The second-order valence-corrected chi connectivity index (χ2v) is 5.74. The van der Waals surface area contributed by atoms with Crippen molar-refractivity contribution in [1.29, 1.82) is 0 Å². The quantitative estimate of drug-likeness (QED) is 0.729. The lowest BCUT2D eigenvalue weighted by molar-refractivity contribution is -0.138. The SMILES string of the molecule is COc1cc(CN(C)CC(=O)O)ccc1CNCC(C)C. The van der Waals surface area contributed by atoms with Crippen molar-refractivity contribution in [2.45, 2.75) is 26.9 Å². The zero-order chi connectivity index (χ0) is 15.8. The van der Waals surface area contributed by atoms with Crippen LogP contribution in [0.3, 0.4) is 0 Å². The zero-order valence-corrected chi connectivity index (χ0v) is 13.3. The Morgan fingerprint density at radius 3 is 2.71 bits per heavy atom. The Bertz CT molecular complexity index is 461. The number of hydrogen-bond acceptors (Lipinski definition) is 4. The summed E-state index contributed by atoms with van der Waals surface area (Å²) < 4.78 is 5.43. The molecule has 0 saturated carbocycles. The number of carbonyl (C=O) groups is 1.